The highest BCUT2D eigenvalue weighted by atomic mass is 16.2. The molecular weight excluding hydrogens is 352 g/mol. The van der Waals surface area contributed by atoms with Crippen LogP contribution in [-0.2, 0) is 17.8 Å². The van der Waals surface area contributed by atoms with E-state index in [4.69, 9.17) is 0 Å². The van der Waals surface area contributed by atoms with Gasteiger partial charge in [0.2, 0.25) is 5.91 Å². The zero-order chi connectivity index (χ0) is 19.7. The van der Waals surface area contributed by atoms with Gasteiger partial charge in [-0.2, -0.15) is 5.10 Å². The molecule has 0 aliphatic rings. The quantitative estimate of drug-likeness (QED) is 0.581. The first kappa shape index (κ1) is 18.0. The summed E-state index contributed by atoms with van der Waals surface area (Å²) in [5, 5.41) is 5.98. The Labute approximate surface area is 162 Å². The SMILES string of the molecule is CCc1ccccc1N(CC)C(=O)Cn1ncc2c([nH]c3ccccc32)c1=O. The average molecular weight is 374 g/mol. The molecule has 0 bridgehead atoms. The summed E-state index contributed by atoms with van der Waals surface area (Å²) in [6.07, 6.45) is 2.48. The molecule has 0 saturated heterocycles. The van der Waals surface area contributed by atoms with Gasteiger partial charge in [-0.25, -0.2) is 4.68 Å². The molecule has 1 N–H and O–H groups in total. The second kappa shape index (κ2) is 7.31. The van der Waals surface area contributed by atoms with Crippen LogP contribution in [0.2, 0.25) is 0 Å². The van der Waals surface area contributed by atoms with Crippen molar-refractivity contribution in [2.45, 2.75) is 26.8 Å². The number of carbonyl (C=O) groups is 1. The molecule has 2 aromatic heterocycles. The van der Waals surface area contributed by atoms with Gasteiger partial charge in [0.25, 0.3) is 5.56 Å². The number of anilines is 1. The molecule has 0 radical (unpaired) electrons. The molecule has 4 aromatic rings. The molecule has 0 unspecified atom stereocenters. The second-order valence-electron chi connectivity index (χ2n) is 6.69. The Balaban J connectivity index is 1.70. The number of likely N-dealkylation sites (N-methyl/N-ethyl adjacent to an activating group) is 1. The van der Waals surface area contributed by atoms with Crippen molar-refractivity contribution in [1.82, 2.24) is 14.8 Å². The fraction of sp³-hybridized carbons (Fsp3) is 0.227. The first-order valence-corrected chi connectivity index (χ1v) is 9.48. The molecular formula is C22H22N4O2. The van der Waals surface area contributed by atoms with Crippen LogP contribution in [0.1, 0.15) is 19.4 Å². The van der Waals surface area contributed by atoms with E-state index < -0.39 is 0 Å². The zero-order valence-corrected chi connectivity index (χ0v) is 16.0. The molecule has 0 atom stereocenters. The van der Waals surface area contributed by atoms with Gasteiger partial charge in [0, 0.05) is 28.5 Å². The van der Waals surface area contributed by atoms with Gasteiger partial charge in [0.05, 0.1) is 6.20 Å². The van der Waals surface area contributed by atoms with Gasteiger partial charge in [0.1, 0.15) is 12.1 Å². The lowest BCUT2D eigenvalue weighted by molar-refractivity contribution is -0.119. The minimum absolute atomic E-state index is 0.101. The van der Waals surface area contributed by atoms with E-state index in [1.807, 2.05) is 55.5 Å². The van der Waals surface area contributed by atoms with Crippen molar-refractivity contribution in [2.24, 2.45) is 0 Å². The second-order valence-corrected chi connectivity index (χ2v) is 6.69. The van der Waals surface area contributed by atoms with Gasteiger partial charge < -0.3 is 9.88 Å². The number of nitrogens with one attached hydrogen (secondary N) is 1. The van der Waals surface area contributed by atoms with E-state index in [1.54, 1.807) is 11.1 Å². The Bertz CT molecular complexity index is 1220. The van der Waals surface area contributed by atoms with E-state index in [-0.39, 0.29) is 18.0 Å². The maximum Gasteiger partial charge on any atom is 0.291 e. The van der Waals surface area contributed by atoms with Crippen LogP contribution in [-0.4, -0.2) is 27.2 Å². The Hall–Kier alpha value is -3.41. The number of carbonyl (C=O) groups excluding carboxylic acids is 1. The third kappa shape index (κ3) is 2.97. The van der Waals surface area contributed by atoms with E-state index in [0.717, 1.165) is 34.0 Å². The highest BCUT2D eigenvalue weighted by molar-refractivity contribution is 6.06. The number of rotatable bonds is 5. The van der Waals surface area contributed by atoms with Crippen LogP contribution in [0.15, 0.2) is 59.5 Å². The normalized spacial score (nSPS) is 11.2. The number of hydrogen-bond acceptors (Lipinski definition) is 3. The van der Waals surface area contributed by atoms with Crippen molar-refractivity contribution in [1.29, 1.82) is 0 Å². The van der Waals surface area contributed by atoms with Crippen LogP contribution in [0.4, 0.5) is 5.69 Å². The summed E-state index contributed by atoms with van der Waals surface area (Å²) in [5.74, 6) is -0.159. The lowest BCUT2D eigenvalue weighted by Gasteiger charge is -2.23. The van der Waals surface area contributed by atoms with E-state index >= 15 is 0 Å². The Morgan fingerprint density at radius 3 is 2.61 bits per heavy atom. The summed E-state index contributed by atoms with van der Waals surface area (Å²) in [6.45, 7) is 4.42. The summed E-state index contributed by atoms with van der Waals surface area (Å²) < 4.78 is 1.23. The molecule has 6 nitrogen and oxygen atoms in total. The fourth-order valence-electron chi connectivity index (χ4n) is 3.66. The predicted molar refractivity (Wildman–Crippen MR) is 112 cm³/mol. The average Bonchev–Trinajstić information content (AvgIpc) is 3.10. The monoisotopic (exact) mass is 374 g/mol. The molecule has 0 spiro atoms. The third-order valence-corrected chi connectivity index (χ3v) is 5.09. The molecule has 0 aliphatic carbocycles. The topological polar surface area (TPSA) is 71.0 Å². The van der Waals surface area contributed by atoms with Crippen molar-refractivity contribution < 1.29 is 4.79 Å². The van der Waals surface area contributed by atoms with E-state index in [0.29, 0.717) is 12.1 Å². The number of fused-ring (bicyclic) bond motifs is 3. The Morgan fingerprint density at radius 2 is 1.82 bits per heavy atom. The maximum absolute atomic E-state index is 13.0. The highest BCUT2D eigenvalue weighted by Gasteiger charge is 2.19. The number of amides is 1. The van der Waals surface area contributed by atoms with Crippen LogP contribution in [0.5, 0.6) is 0 Å². The van der Waals surface area contributed by atoms with E-state index in [9.17, 15) is 9.59 Å². The van der Waals surface area contributed by atoms with Crippen LogP contribution in [0.3, 0.4) is 0 Å². The zero-order valence-electron chi connectivity index (χ0n) is 16.0. The number of hydrogen-bond donors (Lipinski definition) is 1. The van der Waals surface area contributed by atoms with Crippen molar-refractivity contribution in [3.8, 4) is 0 Å². The summed E-state index contributed by atoms with van der Waals surface area (Å²) in [7, 11) is 0. The van der Waals surface area contributed by atoms with Crippen molar-refractivity contribution >= 4 is 33.4 Å². The van der Waals surface area contributed by atoms with Crippen LogP contribution >= 0.6 is 0 Å². The number of para-hydroxylation sites is 2. The lowest BCUT2D eigenvalue weighted by atomic mass is 10.1. The summed E-state index contributed by atoms with van der Waals surface area (Å²) in [4.78, 5) is 30.8. The minimum atomic E-state index is -0.290. The van der Waals surface area contributed by atoms with Gasteiger partial charge in [0.15, 0.2) is 0 Å². The molecule has 0 aliphatic heterocycles. The Kier molecular flexibility index (Phi) is 4.69. The van der Waals surface area contributed by atoms with Gasteiger partial charge in [-0.1, -0.05) is 43.3 Å². The van der Waals surface area contributed by atoms with Crippen LogP contribution < -0.4 is 10.5 Å². The largest absolute Gasteiger partial charge is 0.350 e. The van der Waals surface area contributed by atoms with Gasteiger partial charge in [-0.05, 0) is 31.0 Å². The molecule has 6 heteroatoms. The first-order chi connectivity index (χ1) is 13.6. The predicted octanol–water partition coefficient (Wildman–Crippen LogP) is 3.49. The van der Waals surface area contributed by atoms with Crippen LogP contribution in [0.25, 0.3) is 21.8 Å². The fourth-order valence-corrected chi connectivity index (χ4v) is 3.66. The molecule has 142 valence electrons. The smallest absolute Gasteiger partial charge is 0.291 e. The Morgan fingerprint density at radius 1 is 1.07 bits per heavy atom. The molecule has 2 aromatic carbocycles. The van der Waals surface area contributed by atoms with Crippen molar-refractivity contribution in [3.63, 3.8) is 0 Å². The summed E-state index contributed by atoms with van der Waals surface area (Å²) in [6, 6.07) is 15.6. The van der Waals surface area contributed by atoms with E-state index in [2.05, 4.69) is 17.0 Å². The number of nitrogens with zero attached hydrogens (tertiary/aromatic N) is 3. The maximum atomic E-state index is 13.0. The molecule has 28 heavy (non-hydrogen) atoms. The van der Waals surface area contributed by atoms with Crippen LogP contribution in [0, 0.1) is 0 Å². The molecule has 2 heterocycles. The number of aromatic nitrogens is 3. The number of aromatic amines is 1. The van der Waals surface area contributed by atoms with Gasteiger partial charge >= 0.3 is 0 Å². The molecule has 1 amide bonds. The van der Waals surface area contributed by atoms with Gasteiger partial charge in [-0.3, -0.25) is 9.59 Å². The standard InChI is InChI=1S/C22H22N4O2/c1-3-15-9-5-8-12-19(15)25(4-2)20(27)14-26-22(28)21-17(13-23-26)16-10-6-7-11-18(16)24-21/h5-13,24H,3-4,14H2,1-2H3. The lowest BCUT2D eigenvalue weighted by Crippen LogP contribution is -2.37. The molecule has 4 rings (SSSR count). The van der Waals surface area contributed by atoms with Gasteiger partial charge in [-0.15, -0.1) is 0 Å². The third-order valence-electron chi connectivity index (χ3n) is 5.09. The molecule has 0 saturated carbocycles. The van der Waals surface area contributed by atoms with E-state index in [1.165, 1.54) is 4.68 Å². The summed E-state index contributed by atoms with van der Waals surface area (Å²) in [5.41, 5.74) is 3.05. The number of aryl methyl sites for hydroxylation is 1. The summed E-state index contributed by atoms with van der Waals surface area (Å²) >= 11 is 0. The highest BCUT2D eigenvalue weighted by Crippen LogP contribution is 2.23. The van der Waals surface area contributed by atoms with Crippen molar-refractivity contribution in [2.75, 3.05) is 11.4 Å². The minimum Gasteiger partial charge on any atom is -0.350 e. The molecule has 0 fully saturated rings. The number of benzene rings is 2. The van der Waals surface area contributed by atoms with Crippen molar-refractivity contribution in [3.05, 3.63) is 70.6 Å². The first-order valence-electron chi connectivity index (χ1n) is 9.48. The number of H-pyrrole nitrogens is 1.